The summed E-state index contributed by atoms with van der Waals surface area (Å²) >= 11 is 0. The van der Waals surface area contributed by atoms with Crippen molar-refractivity contribution in [3.63, 3.8) is 0 Å². The first-order chi connectivity index (χ1) is 6.02. The summed E-state index contributed by atoms with van der Waals surface area (Å²) in [5.74, 6) is -0.335. The van der Waals surface area contributed by atoms with E-state index < -0.39 is 0 Å². The third kappa shape index (κ3) is 2.08. The lowest BCUT2D eigenvalue weighted by molar-refractivity contribution is -0.143. The van der Waals surface area contributed by atoms with Gasteiger partial charge in [-0.2, -0.15) is 0 Å². The van der Waals surface area contributed by atoms with E-state index >= 15 is 0 Å². The summed E-state index contributed by atoms with van der Waals surface area (Å²) < 4.78 is 4.79. The molecule has 0 saturated carbocycles. The summed E-state index contributed by atoms with van der Waals surface area (Å²) in [6, 6.07) is 0. The fourth-order valence-electron chi connectivity index (χ4n) is 1.16. The zero-order valence-electron chi connectivity index (χ0n) is 8.09. The molecule has 0 N–H and O–H groups in total. The van der Waals surface area contributed by atoms with Gasteiger partial charge in [0.1, 0.15) is 6.61 Å². The standard InChI is InChI=1S/C9H13NO3/c1-6-4-8(11)13-5-7(6)9(12)10(2)3/h4-5H2,1-3H3. The molecule has 0 radical (unpaired) electrons. The second-order valence-electron chi connectivity index (χ2n) is 3.30. The zero-order valence-corrected chi connectivity index (χ0v) is 8.09. The third-order valence-electron chi connectivity index (χ3n) is 1.97. The van der Waals surface area contributed by atoms with Crippen LogP contribution in [0, 0.1) is 0 Å². The van der Waals surface area contributed by atoms with E-state index in [0.717, 1.165) is 5.57 Å². The lowest BCUT2D eigenvalue weighted by Gasteiger charge is -2.19. The second-order valence-corrected chi connectivity index (χ2v) is 3.30. The Bertz CT molecular complexity index is 279. The minimum Gasteiger partial charge on any atom is -0.460 e. The molecule has 0 unspecified atom stereocenters. The average Bonchev–Trinajstić information content (AvgIpc) is 2.03. The van der Waals surface area contributed by atoms with Gasteiger partial charge in [-0.25, -0.2) is 0 Å². The van der Waals surface area contributed by atoms with Crippen LogP contribution in [0.5, 0.6) is 0 Å². The lowest BCUT2D eigenvalue weighted by atomic mass is 10.0. The molecule has 72 valence electrons. The van der Waals surface area contributed by atoms with Crippen molar-refractivity contribution in [1.29, 1.82) is 0 Å². The van der Waals surface area contributed by atoms with E-state index in [1.54, 1.807) is 21.0 Å². The number of amides is 1. The predicted octanol–water partition coefficient (Wildman–Crippen LogP) is 0.338. The number of esters is 1. The predicted molar refractivity (Wildman–Crippen MR) is 47.0 cm³/mol. The van der Waals surface area contributed by atoms with Crippen molar-refractivity contribution in [2.75, 3.05) is 20.7 Å². The van der Waals surface area contributed by atoms with Gasteiger partial charge < -0.3 is 9.64 Å². The molecular weight excluding hydrogens is 170 g/mol. The highest BCUT2D eigenvalue weighted by Gasteiger charge is 2.22. The van der Waals surface area contributed by atoms with Crippen LogP contribution in [0.2, 0.25) is 0 Å². The van der Waals surface area contributed by atoms with E-state index in [1.165, 1.54) is 4.90 Å². The van der Waals surface area contributed by atoms with Crippen LogP contribution >= 0.6 is 0 Å². The number of nitrogens with zero attached hydrogens (tertiary/aromatic N) is 1. The van der Waals surface area contributed by atoms with Gasteiger partial charge in [0.15, 0.2) is 0 Å². The quantitative estimate of drug-likeness (QED) is 0.551. The molecule has 0 aromatic carbocycles. The van der Waals surface area contributed by atoms with Gasteiger partial charge in [-0.3, -0.25) is 9.59 Å². The summed E-state index contributed by atoms with van der Waals surface area (Å²) in [5.41, 5.74) is 1.42. The van der Waals surface area contributed by atoms with Crippen molar-refractivity contribution >= 4 is 11.9 Å². The highest BCUT2D eigenvalue weighted by molar-refractivity contribution is 5.96. The molecular formula is C9H13NO3. The molecule has 0 aliphatic carbocycles. The van der Waals surface area contributed by atoms with Crippen molar-refractivity contribution in [2.24, 2.45) is 0 Å². The summed E-state index contributed by atoms with van der Waals surface area (Å²) in [5, 5.41) is 0. The Morgan fingerprint density at radius 3 is 2.54 bits per heavy atom. The van der Waals surface area contributed by atoms with Gasteiger partial charge in [0.2, 0.25) is 0 Å². The van der Waals surface area contributed by atoms with Crippen LogP contribution in [-0.4, -0.2) is 37.5 Å². The van der Waals surface area contributed by atoms with Crippen molar-refractivity contribution in [3.05, 3.63) is 11.1 Å². The summed E-state index contributed by atoms with van der Waals surface area (Å²) in [7, 11) is 3.36. The number of carbonyl (C=O) groups is 2. The Kier molecular flexibility index (Phi) is 2.70. The fourth-order valence-corrected chi connectivity index (χ4v) is 1.16. The van der Waals surface area contributed by atoms with Crippen molar-refractivity contribution in [1.82, 2.24) is 4.90 Å². The summed E-state index contributed by atoms with van der Waals surface area (Å²) in [6.07, 6.45) is 0.231. The minimum atomic E-state index is -0.257. The molecule has 0 spiro atoms. The first-order valence-electron chi connectivity index (χ1n) is 4.08. The van der Waals surface area contributed by atoms with E-state index in [0.29, 0.717) is 5.57 Å². The van der Waals surface area contributed by atoms with Gasteiger partial charge in [-0.05, 0) is 6.92 Å². The Morgan fingerprint density at radius 1 is 1.46 bits per heavy atom. The van der Waals surface area contributed by atoms with Gasteiger partial charge in [0.05, 0.1) is 12.0 Å². The largest absolute Gasteiger partial charge is 0.460 e. The topological polar surface area (TPSA) is 46.6 Å². The second kappa shape index (κ2) is 3.60. The lowest BCUT2D eigenvalue weighted by Crippen LogP contribution is -2.29. The van der Waals surface area contributed by atoms with E-state index in [9.17, 15) is 9.59 Å². The van der Waals surface area contributed by atoms with Crippen LogP contribution in [0.3, 0.4) is 0 Å². The Balaban J connectivity index is 2.85. The molecule has 1 aliphatic rings. The SMILES string of the molecule is CC1=C(C(=O)N(C)C)COC(=O)C1. The molecule has 13 heavy (non-hydrogen) atoms. The highest BCUT2D eigenvalue weighted by Crippen LogP contribution is 2.17. The number of hydrogen-bond acceptors (Lipinski definition) is 3. The molecule has 0 fully saturated rings. The molecule has 0 atom stereocenters. The maximum atomic E-state index is 11.5. The number of cyclic esters (lactones) is 1. The number of ether oxygens (including phenoxy) is 1. The molecule has 1 rings (SSSR count). The monoisotopic (exact) mass is 183 g/mol. The molecule has 4 nitrogen and oxygen atoms in total. The fraction of sp³-hybridized carbons (Fsp3) is 0.556. The molecule has 1 amide bonds. The summed E-state index contributed by atoms with van der Waals surface area (Å²) in [6.45, 7) is 1.90. The van der Waals surface area contributed by atoms with Crippen LogP contribution in [0.15, 0.2) is 11.1 Å². The number of rotatable bonds is 1. The van der Waals surface area contributed by atoms with Crippen molar-refractivity contribution < 1.29 is 14.3 Å². The third-order valence-corrected chi connectivity index (χ3v) is 1.97. The van der Waals surface area contributed by atoms with E-state index in [1.807, 2.05) is 0 Å². The van der Waals surface area contributed by atoms with Crippen LogP contribution in [0.25, 0.3) is 0 Å². The van der Waals surface area contributed by atoms with Crippen molar-refractivity contribution in [2.45, 2.75) is 13.3 Å². The molecule has 0 bridgehead atoms. The smallest absolute Gasteiger partial charge is 0.310 e. The van der Waals surface area contributed by atoms with Crippen LogP contribution in [-0.2, 0) is 14.3 Å². The Hall–Kier alpha value is -1.32. The average molecular weight is 183 g/mol. The first-order valence-corrected chi connectivity index (χ1v) is 4.08. The van der Waals surface area contributed by atoms with Crippen molar-refractivity contribution in [3.8, 4) is 0 Å². The number of carbonyl (C=O) groups excluding carboxylic acids is 2. The van der Waals surface area contributed by atoms with Gasteiger partial charge in [-0.1, -0.05) is 5.57 Å². The van der Waals surface area contributed by atoms with E-state index in [2.05, 4.69) is 0 Å². The zero-order chi connectivity index (χ0) is 10.0. The van der Waals surface area contributed by atoms with Gasteiger partial charge in [0, 0.05) is 14.1 Å². The molecule has 0 saturated heterocycles. The van der Waals surface area contributed by atoms with Gasteiger partial charge >= 0.3 is 5.97 Å². The number of hydrogen-bond donors (Lipinski definition) is 0. The molecule has 4 heteroatoms. The number of likely N-dealkylation sites (N-methyl/N-ethyl adjacent to an activating group) is 1. The van der Waals surface area contributed by atoms with Crippen LogP contribution < -0.4 is 0 Å². The van der Waals surface area contributed by atoms with Crippen LogP contribution in [0.4, 0.5) is 0 Å². The molecule has 1 heterocycles. The molecule has 0 aromatic rings. The Labute approximate surface area is 77.2 Å². The maximum Gasteiger partial charge on any atom is 0.310 e. The van der Waals surface area contributed by atoms with Gasteiger partial charge in [-0.15, -0.1) is 0 Å². The maximum absolute atomic E-state index is 11.5. The normalized spacial score (nSPS) is 17.0. The molecule has 1 aliphatic heterocycles. The highest BCUT2D eigenvalue weighted by atomic mass is 16.5. The van der Waals surface area contributed by atoms with Gasteiger partial charge in [0.25, 0.3) is 5.91 Å². The first kappa shape index (κ1) is 9.77. The Morgan fingerprint density at radius 2 is 2.08 bits per heavy atom. The summed E-state index contributed by atoms with van der Waals surface area (Å²) in [4.78, 5) is 23.8. The molecule has 0 aromatic heterocycles. The minimum absolute atomic E-state index is 0.0787. The van der Waals surface area contributed by atoms with Crippen LogP contribution in [0.1, 0.15) is 13.3 Å². The van der Waals surface area contributed by atoms with E-state index in [-0.39, 0.29) is 24.9 Å². The van der Waals surface area contributed by atoms with E-state index in [4.69, 9.17) is 4.74 Å².